The van der Waals surface area contributed by atoms with Crippen molar-refractivity contribution in [2.24, 2.45) is 0 Å². The van der Waals surface area contributed by atoms with Crippen molar-refractivity contribution in [3.05, 3.63) is 42.7 Å². The van der Waals surface area contributed by atoms with Gasteiger partial charge < -0.3 is 9.80 Å². The van der Waals surface area contributed by atoms with Gasteiger partial charge in [0, 0.05) is 23.6 Å². The van der Waals surface area contributed by atoms with Gasteiger partial charge in [-0.3, -0.25) is 0 Å². The molecule has 0 saturated carbocycles. The molecule has 1 aromatic rings. The van der Waals surface area contributed by atoms with Crippen molar-refractivity contribution in [1.82, 2.24) is 4.90 Å². The van der Waals surface area contributed by atoms with Gasteiger partial charge in [-0.1, -0.05) is 18.2 Å². The van der Waals surface area contributed by atoms with Crippen molar-refractivity contribution in [2.75, 3.05) is 4.90 Å². The molecule has 0 amide bonds. The molecule has 1 aliphatic rings. The molecule has 0 fully saturated rings. The fourth-order valence-corrected chi connectivity index (χ4v) is 2.21. The Kier molecular flexibility index (Phi) is 2.66. The molecular formula is C14H20N2. The maximum atomic E-state index is 2.38. The third kappa shape index (κ3) is 1.92. The van der Waals surface area contributed by atoms with Crippen molar-refractivity contribution >= 4 is 5.69 Å². The number of rotatable bonds is 1. The normalized spacial score (nSPS) is 20.6. The van der Waals surface area contributed by atoms with E-state index in [4.69, 9.17) is 0 Å². The van der Waals surface area contributed by atoms with Crippen LogP contribution < -0.4 is 4.90 Å². The summed E-state index contributed by atoms with van der Waals surface area (Å²) in [6.45, 7) is 8.95. The van der Waals surface area contributed by atoms with Crippen molar-refractivity contribution in [1.29, 1.82) is 0 Å². The highest BCUT2D eigenvalue weighted by atomic mass is 15.4. The quantitative estimate of drug-likeness (QED) is 0.709. The fraction of sp³-hybridized carbons (Fsp3) is 0.429. The lowest BCUT2D eigenvalue weighted by atomic mass is 10.1. The largest absolute Gasteiger partial charge is 0.351 e. The maximum Gasteiger partial charge on any atom is 0.103 e. The Morgan fingerprint density at radius 3 is 2.12 bits per heavy atom. The average molecular weight is 216 g/mol. The fourth-order valence-electron chi connectivity index (χ4n) is 2.21. The zero-order chi connectivity index (χ0) is 11.8. The van der Waals surface area contributed by atoms with E-state index in [1.54, 1.807) is 0 Å². The van der Waals surface area contributed by atoms with Gasteiger partial charge in [-0.2, -0.15) is 0 Å². The summed E-state index contributed by atoms with van der Waals surface area (Å²) in [5.41, 5.74) is 1.41. The summed E-state index contributed by atoms with van der Waals surface area (Å²) in [5.74, 6) is 0. The van der Waals surface area contributed by atoms with E-state index < -0.39 is 0 Å². The molecule has 2 nitrogen and oxygen atoms in total. The second-order valence-corrected chi connectivity index (χ2v) is 5.25. The van der Waals surface area contributed by atoms with Crippen LogP contribution in [-0.2, 0) is 0 Å². The second kappa shape index (κ2) is 3.85. The van der Waals surface area contributed by atoms with Crippen LogP contribution in [0.3, 0.4) is 0 Å². The Morgan fingerprint density at radius 1 is 1.00 bits per heavy atom. The van der Waals surface area contributed by atoms with Crippen molar-refractivity contribution in [3.8, 4) is 0 Å². The molecule has 2 rings (SSSR count). The third-order valence-corrected chi connectivity index (χ3v) is 3.02. The van der Waals surface area contributed by atoms with Crippen LogP contribution in [0, 0.1) is 0 Å². The van der Waals surface area contributed by atoms with Crippen LogP contribution in [0.5, 0.6) is 0 Å². The number of benzene rings is 1. The summed E-state index contributed by atoms with van der Waals surface area (Å²) in [6, 6.07) is 10.5. The highest BCUT2D eigenvalue weighted by molar-refractivity contribution is 5.51. The number of hydrogen-bond acceptors (Lipinski definition) is 2. The lowest BCUT2D eigenvalue weighted by Crippen LogP contribution is -2.46. The number of para-hydroxylation sites is 1. The van der Waals surface area contributed by atoms with E-state index in [9.17, 15) is 0 Å². The lowest BCUT2D eigenvalue weighted by molar-refractivity contribution is 0.171. The monoisotopic (exact) mass is 216 g/mol. The number of anilines is 1. The molecular weight excluding hydrogens is 196 g/mol. The van der Waals surface area contributed by atoms with E-state index >= 15 is 0 Å². The molecule has 1 heterocycles. The Morgan fingerprint density at radius 2 is 1.62 bits per heavy atom. The molecule has 0 radical (unpaired) electrons. The molecule has 0 N–H and O–H groups in total. The first-order chi connectivity index (χ1) is 7.50. The summed E-state index contributed by atoms with van der Waals surface area (Å²) < 4.78 is 0. The Labute approximate surface area is 98.2 Å². The summed E-state index contributed by atoms with van der Waals surface area (Å²) >= 11 is 0. The van der Waals surface area contributed by atoms with Gasteiger partial charge in [-0.25, -0.2) is 0 Å². The number of hydrogen-bond donors (Lipinski definition) is 0. The second-order valence-electron chi connectivity index (χ2n) is 5.25. The van der Waals surface area contributed by atoms with Crippen LogP contribution in [0.1, 0.15) is 27.7 Å². The molecule has 0 bridgehead atoms. The first kappa shape index (κ1) is 11.1. The topological polar surface area (TPSA) is 6.48 Å². The van der Waals surface area contributed by atoms with E-state index in [0.717, 1.165) is 0 Å². The minimum Gasteiger partial charge on any atom is -0.351 e. The van der Waals surface area contributed by atoms with E-state index in [1.807, 2.05) is 0 Å². The highest BCUT2D eigenvalue weighted by Gasteiger charge is 2.30. The number of nitrogens with zero attached hydrogens (tertiary/aromatic N) is 2. The molecule has 16 heavy (non-hydrogen) atoms. The first-order valence-electron chi connectivity index (χ1n) is 5.80. The molecule has 1 atom stereocenters. The van der Waals surface area contributed by atoms with Gasteiger partial charge in [0.05, 0.1) is 0 Å². The maximum absolute atomic E-state index is 2.38. The van der Waals surface area contributed by atoms with Crippen molar-refractivity contribution in [2.45, 2.75) is 39.4 Å². The van der Waals surface area contributed by atoms with Gasteiger partial charge in [0.1, 0.15) is 6.17 Å². The Balaban J connectivity index is 2.21. The molecule has 0 saturated heterocycles. The third-order valence-electron chi connectivity index (χ3n) is 3.02. The standard InChI is InChI=1S/C14H20N2/c1-12-15(13-8-6-5-7-9-13)10-11-16(12)14(2,3)4/h5-12H,1-4H3. The zero-order valence-electron chi connectivity index (χ0n) is 10.5. The van der Waals surface area contributed by atoms with Crippen molar-refractivity contribution < 1.29 is 0 Å². The summed E-state index contributed by atoms with van der Waals surface area (Å²) in [6.07, 6.45) is 4.71. The van der Waals surface area contributed by atoms with E-state index in [-0.39, 0.29) is 5.54 Å². The predicted octanol–water partition coefficient (Wildman–Crippen LogP) is 3.42. The van der Waals surface area contributed by atoms with Crippen LogP contribution in [0.4, 0.5) is 5.69 Å². The smallest absolute Gasteiger partial charge is 0.103 e. The molecule has 0 aliphatic carbocycles. The molecule has 2 heteroatoms. The van der Waals surface area contributed by atoms with Crippen LogP contribution in [-0.4, -0.2) is 16.6 Å². The zero-order valence-corrected chi connectivity index (χ0v) is 10.5. The van der Waals surface area contributed by atoms with Crippen molar-refractivity contribution in [3.63, 3.8) is 0 Å². The van der Waals surface area contributed by atoms with Crippen LogP contribution in [0.25, 0.3) is 0 Å². The lowest BCUT2D eigenvalue weighted by Gasteiger charge is -2.39. The molecule has 1 aliphatic heterocycles. The Bertz CT molecular complexity index is 375. The van der Waals surface area contributed by atoms with Gasteiger partial charge >= 0.3 is 0 Å². The van der Waals surface area contributed by atoms with E-state index in [2.05, 4.69) is 80.2 Å². The van der Waals surface area contributed by atoms with Crippen LogP contribution in [0.15, 0.2) is 42.7 Å². The predicted molar refractivity (Wildman–Crippen MR) is 69.1 cm³/mol. The average Bonchev–Trinajstić information content (AvgIpc) is 2.61. The van der Waals surface area contributed by atoms with Gasteiger partial charge in [0.25, 0.3) is 0 Å². The van der Waals surface area contributed by atoms with Crippen LogP contribution in [0.2, 0.25) is 0 Å². The molecule has 86 valence electrons. The Hall–Kier alpha value is -1.44. The van der Waals surface area contributed by atoms with E-state index in [0.29, 0.717) is 6.17 Å². The van der Waals surface area contributed by atoms with E-state index in [1.165, 1.54) is 5.69 Å². The SMILES string of the molecule is CC1N(c2ccccc2)C=CN1C(C)(C)C. The van der Waals surface area contributed by atoms with Crippen LogP contribution >= 0.6 is 0 Å². The first-order valence-corrected chi connectivity index (χ1v) is 5.80. The molecule has 1 unspecified atom stereocenters. The summed E-state index contributed by atoms with van der Waals surface area (Å²) in [7, 11) is 0. The summed E-state index contributed by atoms with van der Waals surface area (Å²) in [4.78, 5) is 4.67. The minimum absolute atomic E-state index is 0.166. The molecule has 1 aromatic carbocycles. The minimum atomic E-state index is 0.166. The van der Waals surface area contributed by atoms with Gasteiger partial charge in [-0.05, 0) is 39.8 Å². The van der Waals surface area contributed by atoms with Gasteiger partial charge in [0.2, 0.25) is 0 Å². The van der Waals surface area contributed by atoms with Gasteiger partial charge in [0.15, 0.2) is 0 Å². The molecule has 0 spiro atoms. The summed E-state index contributed by atoms with van der Waals surface area (Å²) in [5, 5.41) is 0. The molecule has 0 aromatic heterocycles. The highest BCUT2D eigenvalue weighted by Crippen LogP contribution is 2.29. The van der Waals surface area contributed by atoms with Gasteiger partial charge in [-0.15, -0.1) is 0 Å².